The Morgan fingerprint density at radius 2 is 1.77 bits per heavy atom. The molecular weight excluding hydrogens is 590 g/mol. The van der Waals surface area contributed by atoms with E-state index in [4.69, 9.17) is 14.5 Å². The Morgan fingerprint density at radius 3 is 2.57 bits per heavy atom. The normalized spacial score (nSPS) is 18.3. The first kappa shape index (κ1) is 29.8. The van der Waals surface area contributed by atoms with Crippen LogP contribution in [0.3, 0.4) is 0 Å². The quantitative estimate of drug-likeness (QED) is 0.208. The van der Waals surface area contributed by atoms with Gasteiger partial charge in [-0.2, -0.15) is 0 Å². The number of nitrogens with one attached hydrogen (secondary N) is 2. The van der Waals surface area contributed by atoms with Crippen molar-refractivity contribution in [1.29, 1.82) is 0 Å². The number of esters is 1. The number of carbonyl (C=O) groups is 2. The molecule has 2 fully saturated rings. The van der Waals surface area contributed by atoms with Gasteiger partial charge in [-0.15, -0.1) is 0 Å². The first-order valence-corrected chi connectivity index (χ1v) is 16.9. The largest absolute Gasteiger partial charge is 0.491 e. The number of imidazole rings is 1. The zero-order chi connectivity index (χ0) is 32.1. The number of amides is 1. The Labute approximate surface area is 274 Å². The molecule has 1 amide bonds. The van der Waals surface area contributed by atoms with Crippen LogP contribution < -0.4 is 10.1 Å². The molecule has 4 heterocycles. The third kappa shape index (κ3) is 5.17. The van der Waals surface area contributed by atoms with E-state index in [1.807, 2.05) is 18.2 Å². The molecule has 3 aromatic carbocycles. The molecule has 8 rings (SSSR count). The van der Waals surface area contributed by atoms with E-state index >= 15 is 0 Å². The maximum absolute atomic E-state index is 14.3. The summed E-state index contributed by atoms with van der Waals surface area (Å²) in [5.41, 5.74) is 6.77. The van der Waals surface area contributed by atoms with Crippen molar-refractivity contribution in [2.45, 2.75) is 62.9 Å². The molecule has 1 saturated heterocycles. The second-order valence-electron chi connectivity index (χ2n) is 13.5. The van der Waals surface area contributed by atoms with Crippen molar-refractivity contribution in [2.75, 3.05) is 33.9 Å². The number of methoxy groups -OCH3 is 1. The van der Waals surface area contributed by atoms with Gasteiger partial charge in [-0.1, -0.05) is 37.5 Å². The van der Waals surface area contributed by atoms with E-state index in [0.717, 1.165) is 47.5 Å². The van der Waals surface area contributed by atoms with Gasteiger partial charge in [0.15, 0.2) is 0 Å². The second kappa shape index (κ2) is 11.9. The third-order valence-electron chi connectivity index (χ3n) is 10.6. The molecule has 2 N–H and O–H groups in total. The maximum Gasteiger partial charge on any atom is 0.337 e. The van der Waals surface area contributed by atoms with Crippen LogP contribution in [0.1, 0.15) is 83.0 Å². The second-order valence-corrected chi connectivity index (χ2v) is 13.5. The SMILES string of the molecule is COC(=O)c1ccc2nc(C3(NC(=O)c4ccc5c(C6CCCCC6)c6n(c5c4)CCOc4ccccc4-6)CCN(C)CC3)[nH]c2c1. The van der Waals surface area contributed by atoms with Gasteiger partial charge in [-0.25, -0.2) is 9.78 Å². The molecule has 0 atom stereocenters. The molecule has 0 radical (unpaired) electrons. The summed E-state index contributed by atoms with van der Waals surface area (Å²) in [5, 5.41) is 4.70. The van der Waals surface area contributed by atoms with Crippen molar-refractivity contribution in [3.63, 3.8) is 0 Å². The minimum Gasteiger partial charge on any atom is -0.491 e. The molecule has 242 valence electrons. The number of carbonyl (C=O) groups excluding carboxylic acids is 2. The highest BCUT2D eigenvalue weighted by atomic mass is 16.5. The Bertz CT molecular complexity index is 1990. The lowest BCUT2D eigenvalue weighted by Crippen LogP contribution is -2.53. The van der Waals surface area contributed by atoms with Gasteiger partial charge < -0.3 is 29.2 Å². The molecule has 3 aliphatic rings. The Kier molecular flexibility index (Phi) is 7.51. The number of aromatic nitrogens is 3. The molecule has 0 spiro atoms. The van der Waals surface area contributed by atoms with E-state index in [9.17, 15) is 9.59 Å². The molecule has 0 unspecified atom stereocenters. The molecule has 2 aliphatic heterocycles. The van der Waals surface area contributed by atoms with Crippen LogP contribution in [0.15, 0.2) is 60.7 Å². The summed E-state index contributed by atoms with van der Waals surface area (Å²) in [6, 6.07) is 19.9. The number of fused-ring (bicyclic) bond motifs is 6. The number of H-pyrrole nitrogens is 1. The molecule has 9 heteroatoms. The van der Waals surface area contributed by atoms with Crippen LogP contribution in [0.25, 0.3) is 33.2 Å². The number of para-hydroxylation sites is 1. The summed E-state index contributed by atoms with van der Waals surface area (Å²) in [5.74, 6) is 1.61. The van der Waals surface area contributed by atoms with Crippen LogP contribution >= 0.6 is 0 Å². The van der Waals surface area contributed by atoms with Crippen LogP contribution in [0.5, 0.6) is 5.75 Å². The predicted octanol–water partition coefficient (Wildman–Crippen LogP) is 6.76. The number of nitrogens with zero attached hydrogens (tertiary/aromatic N) is 3. The molecule has 9 nitrogen and oxygen atoms in total. The third-order valence-corrected chi connectivity index (χ3v) is 10.6. The van der Waals surface area contributed by atoms with Gasteiger partial charge in [0.25, 0.3) is 5.91 Å². The summed E-state index contributed by atoms with van der Waals surface area (Å²) in [6.07, 6.45) is 7.59. The lowest BCUT2D eigenvalue weighted by molar-refractivity contribution is 0.0600. The summed E-state index contributed by atoms with van der Waals surface area (Å²) < 4.78 is 13.6. The molecule has 5 aromatic rings. The number of hydrogen-bond acceptors (Lipinski definition) is 6. The van der Waals surface area contributed by atoms with Crippen molar-refractivity contribution in [3.8, 4) is 17.0 Å². The van der Waals surface area contributed by atoms with Crippen molar-refractivity contribution >= 4 is 33.8 Å². The standard InChI is InChI=1S/C38H41N5O4/c1-42-18-16-38(17-19-42,37-39-29-15-13-26(36(45)46-2)22-30(29)40-37)41-35(44)25-12-14-27-31(23-25)43-20-21-47-32-11-7-6-10-28(32)34(43)33(27)24-8-4-3-5-9-24/h6-7,10-15,22-24H,3-5,8-9,16-21H2,1-2H3,(H,39,40)(H,41,44). The van der Waals surface area contributed by atoms with Gasteiger partial charge in [-0.3, -0.25) is 4.79 Å². The van der Waals surface area contributed by atoms with Crippen LogP contribution in [-0.2, 0) is 16.8 Å². The van der Waals surface area contributed by atoms with Gasteiger partial charge >= 0.3 is 5.97 Å². The first-order valence-electron chi connectivity index (χ1n) is 16.9. The Balaban J connectivity index is 1.20. The van der Waals surface area contributed by atoms with E-state index in [1.165, 1.54) is 55.9 Å². The number of piperidine rings is 1. The smallest absolute Gasteiger partial charge is 0.337 e. The Morgan fingerprint density at radius 1 is 0.979 bits per heavy atom. The number of hydrogen-bond donors (Lipinski definition) is 2. The topological polar surface area (TPSA) is 101 Å². The first-order chi connectivity index (χ1) is 22.9. The predicted molar refractivity (Wildman–Crippen MR) is 182 cm³/mol. The summed E-state index contributed by atoms with van der Waals surface area (Å²) >= 11 is 0. The fraction of sp³-hybridized carbons (Fsp3) is 0.395. The molecule has 1 saturated carbocycles. The van der Waals surface area contributed by atoms with Crippen LogP contribution in [0, 0.1) is 0 Å². The number of benzene rings is 3. The molecule has 1 aliphatic carbocycles. The summed E-state index contributed by atoms with van der Waals surface area (Å²) in [6.45, 7) is 2.94. The lowest BCUT2D eigenvalue weighted by Gasteiger charge is -2.40. The highest BCUT2D eigenvalue weighted by Gasteiger charge is 2.40. The number of ether oxygens (including phenoxy) is 2. The number of aromatic amines is 1. The lowest BCUT2D eigenvalue weighted by atomic mass is 9.81. The fourth-order valence-corrected chi connectivity index (χ4v) is 8.07. The average Bonchev–Trinajstić information content (AvgIpc) is 3.62. The fourth-order valence-electron chi connectivity index (χ4n) is 8.07. The number of rotatable bonds is 5. The minimum absolute atomic E-state index is 0.118. The minimum atomic E-state index is -0.681. The van der Waals surface area contributed by atoms with Crippen LogP contribution in [0.2, 0.25) is 0 Å². The van der Waals surface area contributed by atoms with E-state index in [2.05, 4.69) is 57.1 Å². The maximum atomic E-state index is 14.3. The number of likely N-dealkylation sites (tertiary alicyclic amines) is 1. The van der Waals surface area contributed by atoms with Crippen LogP contribution in [0.4, 0.5) is 0 Å². The van der Waals surface area contributed by atoms with Gasteiger partial charge in [0.2, 0.25) is 0 Å². The van der Waals surface area contributed by atoms with Crippen molar-refractivity contribution in [1.82, 2.24) is 24.8 Å². The van der Waals surface area contributed by atoms with Crippen molar-refractivity contribution in [3.05, 3.63) is 83.2 Å². The Hall–Kier alpha value is -4.63. The highest BCUT2D eigenvalue weighted by Crippen LogP contribution is 2.47. The van der Waals surface area contributed by atoms with E-state index in [1.54, 1.807) is 12.1 Å². The van der Waals surface area contributed by atoms with Crippen molar-refractivity contribution in [2.24, 2.45) is 0 Å². The van der Waals surface area contributed by atoms with E-state index in [0.29, 0.717) is 42.3 Å². The van der Waals surface area contributed by atoms with E-state index < -0.39 is 11.5 Å². The highest BCUT2D eigenvalue weighted by molar-refractivity contribution is 6.01. The summed E-state index contributed by atoms with van der Waals surface area (Å²) in [7, 11) is 3.48. The summed E-state index contributed by atoms with van der Waals surface area (Å²) in [4.78, 5) is 37.2. The molecule has 2 aromatic heterocycles. The van der Waals surface area contributed by atoms with Crippen LogP contribution in [-0.4, -0.2) is 65.2 Å². The van der Waals surface area contributed by atoms with Gasteiger partial charge in [-0.05, 0) is 86.7 Å². The van der Waals surface area contributed by atoms with Crippen molar-refractivity contribution < 1.29 is 19.1 Å². The monoisotopic (exact) mass is 631 g/mol. The average molecular weight is 632 g/mol. The van der Waals surface area contributed by atoms with Gasteiger partial charge in [0.05, 0.1) is 35.9 Å². The van der Waals surface area contributed by atoms with E-state index in [-0.39, 0.29) is 5.91 Å². The van der Waals surface area contributed by atoms with Gasteiger partial charge in [0.1, 0.15) is 23.7 Å². The zero-order valence-corrected chi connectivity index (χ0v) is 27.1. The zero-order valence-electron chi connectivity index (χ0n) is 27.1. The molecule has 47 heavy (non-hydrogen) atoms. The van der Waals surface area contributed by atoms with Gasteiger partial charge in [0, 0.05) is 35.1 Å². The molecule has 0 bridgehead atoms. The molecular formula is C38H41N5O4.